The Kier molecular flexibility index (Phi) is 7.05. The van der Waals surface area contributed by atoms with Gasteiger partial charge < -0.3 is 24.8 Å². The minimum Gasteiger partial charge on any atom is -1.00 e. The molecule has 6 rings (SSSR count). The number of fused-ring (bicyclic) bond motifs is 2. The van der Waals surface area contributed by atoms with E-state index in [0.717, 1.165) is 0 Å². The molecule has 2 aromatic carbocycles. The number of benzene rings is 2. The molecule has 33 heavy (non-hydrogen) atoms. The van der Waals surface area contributed by atoms with Crippen molar-refractivity contribution in [2.45, 2.75) is 23.5 Å². The molecular weight excluding hydrogens is 526 g/mol. The molecule has 0 aliphatic heterocycles. The molecule has 0 fully saturated rings. The number of aryl methyl sites for hydroxylation is 2. The average molecular weight is 551 g/mol. The third kappa shape index (κ3) is 4.05. The summed E-state index contributed by atoms with van der Waals surface area (Å²) in [5.41, 5.74) is 10.1. The maximum Gasteiger partial charge on any atom is -1.00 e. The molecule has 164 valence electrons. The van der Waals surface area contributed by atoms with Gasteiger partial charge in [-0.05, 0) is 0 Å². The molecule has 0 bridgehead atoms. The number of halogens is 2. The van der Waals surface area contributed by atoms with E-state index in [4.69, 9.17) is 0 Å². The van der Waals surface area contributed by atoms with Gasteiger partial charge in [-0.15, -0.1) is 0 Å². The fourth-order valence-electron chi connectivity index (χ4n) is 5.12. The standard InChI is InChI=1S/C15H14N.C13H10N.2ClH.Zr/c1-11-5-6-12(2)15-10-13(9-14(11)15)16-7-3-4-8-16;1-2-6-12-11(5-1)7-8-13(12)14-9-3-4-10-14;;;/h3-10H,1-2H3;1-7,9-10,13H;2*1H;/q;;;;+2/p-2. The van der Waals surface area contributed by atoms with Gasteiger partial charge in [-0.3, -0.25) is 0 Å². The number of hydrogen-bond donors (Lipinski definition) is 0. The van der Waals surface area contributed by atoms with E-state index in [0.29, 0.717) is 9.67 Å². The molecule has 2 aliphatic rings. The number of aromatic nitrogens is 2. The van der Waals surface area contributed by atoms with E-state index in [1.807, 2.05) is 0 Å². The monoisotopic (exact) mass is 548 g/mol. The average Bonchev–Trinajstić information content (AvgIpc) is 3.56. The molecule has 0 spiro atoms. The van der Waals surface area contributed by atoms with Crippen LogP contribution in [0.1, 0.15) is 43.0 Å². The number of hydrogen-bond acceptors (Lipinski definition) is 0. The van der Waals surface area contributed by atoms with Gasteiger partial charge in [0.15, 0.2) is 0 Å². The Morgan fingerprint density at radius 3 is 2.15 bits per heavy atom. The van der Waals surface area contributed by atoms with E-state index in [9.17, 15) is 0 Å². The molecule has 0 amide bonds. The Balaban J connectivity index is 0.00000130. The number of allylic oxidation sites excluding steroid dienone is 2. The Bertz CT molecular complexity index is 1330. The van der Waals surface area contributed by atoms with Gasteiger partial charge >= 0.3 is 196 Å². The summed E-state index contributed by atoms with van der Waals surface area (Å²) in [6.45, 7) is 4.54. The van der Waals surface area contributed by atoms with Crippen molar-refractivity contribution >= 4 is 17.8 Å². The fraction of sp³-hybridized carbons (Fsp3) is 0.143. The van der Waals surface area contributed by atoms with E-state index in [1.165, 1.54) is 33.5 Å². The van der Waals surface area contributed by atoms with Crippen LogP contribution in [0.2, 0.25) is 0 Å². The first-order valence-electron chi connectivity index (χ1n) is 10.9. The molecular formula is C28H24Cl2N2Zr. The van der Waals surface area contributed by atoms with E-state index in [2.05, 4.69) is 121 Å². The van der Waals surface area contributed by atoms with Gasteiger partial charge in [-0.2, -0.15) is 0 Å². The minimum absolute atomic E-state index is 0. The quantitative estimate of drug-likeness (QED) is 0.354. The van der Waals surface area contributed by atoms with Crippen molar-refractivity contribution in [2.24, 2.45) is 0 Å². The summed E-state index contributed by atoms with van der Waals surface area (Å²) in [6, 6.07) is 22.4. The first-order valence-corrected chi connectivity index (χ1v) is 13.5. The summed E-state index contributed by atoms with van der Waals surface area (Å²) >= 11 is -1.00. The maximum absolute atomic E-state index is 2.50. The number of nitrogens with zero attached hydrogens (tertiary/aromatic N) is 2. The zero-order valence-electron chi connectivity index (χ0n) is 18.5. The summed E-state index contributed by atoms with van der Waals surface area (Å²) in [4.78, 5) is 0. The first kappa shape index (κ1) is 24.1. The van der Waals surface area contributed by atoms with Gasteiger partial charge in [0.1, 0.15) is 0 Å². The smallest absolute Gasteiger partial charge is 1.00 e. The molecule has 2 aromatic heterocycles. The van der Waals surface area contributed by atoms with E-state index in [-0.39, 0.29) is 24.8 Å². The summed E-state index contributed by atoms with van der Waals surface area (Å²) in [7, 11) is 0. The molecule has 0 radical (unpaired) electrons. The Hall–Kier alpha value is -2.06. The van der Waals surface area contributed by atoms with Crippen LogP contribution < -0.4 is 24.8 Å². The van der Waals surface area contributed by atoms with E-state index in [1.54, 1.807) is 8.84 Å². The largest absolute Gasteiger partial charge is 1.00 e. The molecule has 5 heteroatoms. The second kappa shape index (κ2) is 9.67. The molecule has 2 nitrogen and oxygen atoms in total. The third-order valence-electron chi connectivity index (χ3n) is 6.64. The molecule has 0 saturated carbocycles. The molecule has 0 N–H and O–H groups in total. The second-order valence-electron chi connectivity index (χ2n) is 8.52. The van der Waals surface area contributed by atoms with Crippen LogP contribution in [0.5, 0.6) is 0 Å². The topological polar surface area (TPSA) is 9.86 Å². The predicted molar refractivity (Wildman–Crippen MR) is 124 cm³/mol. The van der Waals surface area contributed by atoms with Gasteiger partial charge in [-0.1, -0.05) is 0 Å². The van der Waals surface area contributed by atoms with E-state index >= 15 is 0 Å². The Morgan fingerprint density at radius 2 is 1.39 bits per heavy atom. The van der Waals surface area contributed by atoms with Crippen LogP contribution in [0.3, 0.4) is 0 Å². The summed E-state index contributed by atoms with van der Waals surface area (Å²) in [5, 5.41) is 0. The van der Waals surface area contributed by atoms with Gasteiger partial charge in [0.2, 0.25) is 0 Å². The van der Waals surface area contributed by atoms with Crippen molar-refractivity contribution in [3.63, 3.8) is 0 Å². The van der Waals surface area contributed by atoms with Crippen LogP contribution in [-0.2, 0) is 23.2 Å². The van der Waals surface area contributed by atoms with Crippen LogP contribution >= 0.6 is 0 Å². The predicted octanol–water partition coefficient (Wildman–Crippen LogP) is 0.694. The molecule has 2 heterocycles. The maximum atomic E-state index is 2.50. The molecule has 0 saturated heterocycles. The SMILES string of the molecule is Cc1ccc(C)c2c1C=C(n1cccc1)[CH]2[Zr+2][C]1=Cc2ccccc2C1n1cccc1.[Cl-].[Cl-]. The summed E-state index contributed by atoms with van der Waals surface area (Å²) < 4.78 is 6.91. The van der Waals surface area contributed by atoms with Crippen molar-refractivity contribution < 1.29 is 48.0 Å². The van der Waals surface area contributed by atoms with Crippen LogP contribution in [0.4, 0.5) is 0 Å². The van der Waals surface area contributed by atoms with Crippen LogP contribution in [0.25, 0.3) is 17.8 Å². The van der Waals surface area contributed by atoms with Crippen LogP contribution in [0.15, 0.2) is 88.7 Å². The molecule has 4 aromatic rings. The second-order valence-corrected chi connectivity index (χ2v) is 12.1. The normalized spacial score (nSPS) is 17.8. The summed E-state index contributed by atoms with van der Waals surface area (Å²) in [5.74, 6) is 0. The van der Waals surface area contributed by atoms with Crippen LogP contribution in [0, 0.1) is 13.8 Å². The van der Waals surface area contributed by atoms with Crippen molar-refractivity contribution in [1.82, 2.24) is 9.13 Å². The third-order valence-corrected chi connectivity index (χ3v) is 10.6. The van der Waals surface area contributed by atoms with E-state index < -0.39 is 23.2 Å². The summed E-state index contributed by atoms with van der Waals surface area (Å²) in [6.07, 6.45) is 13.8. The van der Waals surface area contributed by atoms with Gasteiger partial charge in [-0.25, -0.2) is 0 Å². The Morgan fingerprint density at radius 1 is 0.727 bits per heavy atom. The van der Waals surface area contributed by atoms with Crippen LogP contribution in [-0.4, -0.2) is 9.13 Å². The van der Waals surface area contributed by atoms with Gasteiger partial charge in [0.05, 0.1) is 0 Å². The zero-order valence-corrected chi connectivity index (χ0v) is 22.5. The van der Waals surface area contributed by atoms with Crippen molar-refractivity contribution in [1.29, 1.82) is 0 Å². The van der Waals surface area contributed by atoms with Crippen molar-refractivity contribution in [2.75, 3.05) is 0 Å². The molecule has 2 aliphatic carbocycles. The van der Waals surface area contributed by atoms with Crippen molar-refractivity contribution in [3.05, 3.63) is 122 Å². The van der Waals surface area contributed by atoms with Crippen molar-refractivity contribution in [3.8, 4) is 0 Å². The number of rotatable bonds is 4. The minimum atomic E-state index is -1.00. The molecule has 2 atom stereocenters. The first-order chi connectivity index (χ1) is 15.2. The fourth-order valence-corrected chi connectivity index (χ4v) is 9.89. The van der Waals surface area contributed by atoms with Gasteiger partial charge in [0.25, 0.3) is 0 Å². The molecule has 2 unspecified atom stereocenters. The Labute approximate surface area is 219 Å². The van der Waals surface area contributed by atoms with Gasteiger partial charge in [0, 0.05) is 0 Å². The zero-order chi connectivity index (χ0) is 20.9.